The Bertz CT molecular complexity index is 1020. The minimum Gasteiger partial charge on any atom is -0.304 e. The van der Waals surface area contributed by atoms with Gasteiger partial charge < -0.3 is 4.57 Å². The van der Waals surface area contributed by atoms with E-state index in [0.29, 0.717) is 11.3 Å². The van der Waals surface area contributed by atoms with Gasteiger partial charge in [-0.15, -0.1) is 6.42 Å². The van der Waals surface area contributed by atoms with Gasteiger partial charge in [-0.05, 0) is 30.2 Å². The standard InChI is InChI=1S/C20H16N2OS/c1-3-14-22-19-15(2)8-7-11-17(19)24-20(22)21-18(23)13-12-16-9-5-4-6-10-16/h1,4-13H,14H2,2H3/b13-12+,21-20?. The third-order valence-corrected chi connectivity index (χ3v) is 4.62. The van der Waals surface area contributed by atoms with Gasteiger partial charge in [0.05, 0.1) is 16.8 Å². The van der Waals surface area contributed by atoms with E-state index in [1.807, 2.05) is 60.0 Å². The Labute approximate surface area is 144 Å². The quantitative estimate of drug-likeness (QED) is 0.531. The van der Waals surface area contributed by atoms with E-state index in [1.54, 1.807) is 6.08 Å². The largest absolute Gasteiger partial charge is 0.304 e. The molecule has 0 aliphatic heterocycles. The van der Waals surface area contributed by atoms with Crippen LogP contribution < -0.4 is 4.80 Å². The lowest BCUT2D eigenvalue weighted by molar-refractivity contribution is -0.113. The first-order chi connectivity index (χ1) is 11.7. The second-order valence-electron chi connectivity index (χ2n) is 5.29. The predicted molar refractivity (Wildman–Crippen MR) is 99.4 cm³/mol. The zero-order valence-corrected chi connectivity index (χ0v) is 14.1. The molecule has 0 unspecified atom stereocenters. The SMILES string of the molecule is C#CCn1c(=NC(=O)/C=C/c2ccccc2)sc2cccc(C)c21. The molecule has 0 atom stereocenters. The lowest BCUT2D eigenvalue weighted by Crippen LogP contribution is -2.16. The summed E-state index contributed by atoms with van der Waals surface area (Å²) >= 11 is 1.47. The van der Waals surface area contributed by atoms with Crippen LogP contribution in [0.5, 0.6) is 0 Å². The number of para-hydroxylation sites is 1. The van der Waals surface area contributed by atoms with E-state index in [2.05, 4.69) is 10.9 Å². The molecule has 0 aliphatic rings. The summed E-state index contributed by atoms with van der Waals surface area (Å²) in [5.74, 6) is 2.34. The van der Waals surface area contributed by atoms with E-state index in [0.717, 1.165) is 21.3 Å². The minimum absolute atomic E-state index is 0.297. The van der Waals surface area contributed by atoms with Crippen molar-refractivity contribution < 1.29 is 4.79 Å². The van der Waals surface area contributed by atoms with E-state index in [1.165, 1.54) is 17.4 Å². The Morgan fingerprint density at radius 1 is 1.25 bits per heavy atom. The number of aromatic nitrogens is 1. The summed E-state index contributed by atoms with van der Waals surface area (Å²) in [5.41, 5.74) is 3.12. The molecular formula is C20H16N2OS. The molecule has 4 heteroatoms. The third-order valence-electron chi connectivity index (χ3n) is 3.58. The average Bonchev–Trinajstić information content (AvgIpc) is 2.93. The van der Waals surface area contributed by atoms with Crippen molar-refractivity contribution in [3.8, 4) is 12.3 Å². The molecule has 3 rings (SSSR count). The minimum atomic E-state index is -0.297. The van der Waals surface area contributed by atoms with Crippen LogP contribution in [0.4, 0.5) is 0 Å². The Morgan fingerprint density at radius 3 is 2.79 bits per heavy atom. The zero-order chi connectivity index (χ0) is 16.9. The molecule has 118 valence electrons. The highest BCUT2D eigenvalue weighted by molar-refractivity contribution is 7.16. The molecule has 0 fully saturated rings. The number of benzene rings is 2. The molecule has 2 aromatic carbocycles. The summed E-state index contributed by atoms with van der Waals surface area (Å²) in [6, 6.07) is 15.7. The first kappa shape index (κ1) is 16.0. The van der Waals surface area contributed by atoms with Crippen LogP contribution in [-0.4, -0.2) is 10.5 Å². The van der Waals surface area contributed by atoms with Crippen LogP contribution in [0.1, 0.15) is 11.1 Å². The second-order valence-corrected chi connectivity index (χ2v) is 6.30. The van der Waals surface area contributed by atoms with Crippen LogP contribution in [0.15, 0.2) is 59.6 Å². The van der Waals surface area contributed by atoms with Gasteiger partial charge in [-0.1, -0.05) is 59.7 Å². The van der Waals surface area contributed by atoms with E-state index < -0.39 is 0 Å². The monoisotopic (exact) mass is 332 g/mol. The van der Waals surface area contributed by atoms with Gasteiger partial charge in [0.2, 0.25) is 0 Å². The molecule has 1 aromatic heterocycles. The van der Waals surface area contributed by atoms with Crippen LogP contribution in [0.2, 0.25) is 0 Å². The summed E-state index contributed by atoms with van der Waals surface area (Å²) < 4.78 is 2.99. The van der Waals surface area contributed by atoms with Crippen LogP contribution in [0.25, 0.3) is 16.3 Å². The maximum atomic E-state index is 12.2. The van der Waals surface area contributed by atoms with E-state index >= 15 is 0 Å². The zero-order valence-electron chi connectivity index (χ0n) is 13.3. The normalized spacial score (nSPS) is 11.9. The number of fused-ring (bicyclic) bond motifs is 1. The van der Waals surface area contributed by atoms with E-state index in [9.17, 15) is 4.79 Å². The number of aryl methyl sites for hydroxylation is 1. The Morgan fingerprint density at radius 2 is 2.04 bits per heavy atom. The second kappa shape index (κ2) is 7.12. The van der Waals surface area contributed by atoms with Crippen molar-refractivity contribution in [2.24, 2.45) is 4.99 Å². The topological polar surface area (TPSA) is 34.4 Å². The molecule has 1 heterocycles. The highest BCUT2D eigenvalue weighted by Gasteiger charge is 2.08. The fourth-order valence-corrected chi connectivity index (χ4v) is 3.61. The third kappa shape index (κ3) is 3.37. The van der Waals surface area contributed by atoms with Gasteiger partial charge >= 0.3 is 0 Å². The predicted octanol–water partition coefficient (Wildman–Crippen LogP) is 3.79. The van der Waals surface area contributed by atoms with E-state index in [-0.39, 0.29) is 5.91 Å². The highest BCUT2D eigenvalue weighted by atomic mass is 32.1. The molecule has 0 radical (unpaired) electrons. The first-order valence-electron chi connectivity index (χ1n) is 7.53. The van der Waals surface area contributed by atoms with Crippen LogP contribution in [-0.2, 0) is 11.3 Å². The molecule has 1 amide bonds. The van der Waals surface area contributed by atoms with Crippen molar-refractivity contribution >= 4 is 33.5 Å². The summed E-state index contributed by atoms with van der Waals surface area (Å²) in [4.78, 5) is 17.0. The molecule has 0 aliphatic carbocycles. The number of hydrogen-bond donors (Lipinski definition) is 0. The van der Waals surface area contributed by atoms with Crippen LogP contribution in [0.3, 0.4) is 0 Å². The molecule has 0 bridgehead atoms. The van der Waals surface area contributed by atoms with Gasteiger partial charge in [-0.2, -0.15) is 4.99 Å². The Kier molecular flexibility index (Phi) is 4.74. The lowest BCUT2D eigenvalue weighted by Gasteiger charge is -2.02. The number of amides is 1. The van der Waals surface area contributed by atoms with Gasteiger partial charge in [0.15, 0.2) is 4.80 Å². The van der Waals surface area contributed by atoms with Gasteiger partial charge in [-0.3, -0.25) is 4.79 Å². The molecule has 0 saturated carbocycles. The van der Waals surface area contributed by atoms with Crippen molar-refractivity contribution in [1.29, 1.82) is 0 Å². The summed E-state index contributed by atoms with van der Waals surface area (Å²) in [6.45, 7) is 2.42. The maximum absolute atomic E-state index is 12.2. The molecule has 0 spiro atoms. The molecule has 0 saturated heterocycles. The smallest absolute Gasteiger partial charge is 0.272 e. The number of terminal acetylenes is 1. The lowest BCUT2D eigenvalue weighted by atomic mass is 10.2. The summed E-state index contributed by atoms with van der Waals surface area (Å²) in [7, 11) is 0. The van der Waals surface area contributed by atoms with Crippen LogP contribution in [0, 0.1) is 19.3 Å². The molecule has 0 N–H and O–H groups in total. The highest BCUT2D eigenvalue weighted by Crippen LogP contribution is 2.20. The molecule has 3 nitrogen and oxygen atoms in total. The molecular weight excluding hydrogens is 316 g/mol. The Hall–Kier alpha value is -2.90. The van der Waals surface area contributed by atoms with Gasteiger partial charge in [-0.25, -0.2) is 0 Å². The fraction of sp³-hybridized carbons (Fsp3) is 0.100. The van der Waals surface area contributed by atoms with Gasteiger partial charge in [0.1, 0.15) is 0 Å². The van der Waals surface area contributed by atoms with Crippen molar-refractivity contribution in [3.63, 3.8) is 0 Å². The first-order valence-corrected chi connectivity index (χ1v) is 8.35. The number of rotatable bonds is 3. The number of carbonyl (C=O) groups is 1. The summed E-state index contributed by atoms with van der Waals surface area (Å²) in [6.07, 6.45) is 8.73. The van der Waals surface area contributed by atoms with E-state index in [4.69, 9.17) is 6.42 Å². The number of hydrogen-bond acceptors (Lipinski definition) is 2. The van der Waals surface area contributed by atoms with Crippen molar-refractivity contribution in [2.75, 3.05) is 0 Å². The van der Waals surface area contributed by atoms with Crippen molar-refractivity contribution in [1.82, 2.24) is 4.57 Å². The van der Waals surface area contributed by atoms with Crippen molar-refractivity contribution in [2.45, 2.75) is 13.5 Å². The molecule has 24 heavy (non-hydrogen) atoms. The van der Waals surface area contributed by atoms with Crippen molar-refractivity contribution in [3.05, 3.63) is 70.5 Å². The van der Waals surface area contributed by atoms with Gasteiger partial charge in [0, 0.05) is 6.08 Å². The summed E-state index contributed by atoms with van der Waals surface area (Å²) in [5, 5.41) is 0. The Balaban J connectivity index is 2.02. The van der Waals surface area contributed by atoms with Gasteiger partial charge in [0.25, 0.3) is 5.91 Å². The molecule has 3 aromatic rings. The number of thiazole rings is 1. The fourth-order valence-electron chi connectivity index (χ4n) is 2.49. The number of nitrogens with zero attached hydrogens (tertiary/aromatic N) is 2. The number of carbonyl (C=O) groups excluding carboxylic acids is 1. The average molecular weight is 332 g/mol. The maximum Gasteiger partial charge on any atom is 0.272 e. The van der Waals surface area contributed by atoms with Crippen LogP contribution >= 0.6 is 11.3 Å².